The lowest BCUT2D eigenvalue weighted by Gasteiger charge is -2.10. The molecule has 0 atom stereocenters. The lowest BCUT2D eigenvalue weighted by molar-refractivity contribution is 0.101. The van der Waals surface area contributed by atoms with Gasteiger partial charge in [-0.1, -0.05) is 41.4 Å². The van der Waals surface area contributed by atoms with Crippen molar-refractivity contribution in [3.8, 4) is 5.75 Å². The molecule has 164 valence electrons. The molecule has 0 radical (unpaired) electrons. The lowest BCUT2D eigenvalue weighted by Crippen LogP contribution is -2.15. The molecule has 32 heavy (non-hydrogen) atoms. The van der Waals surface area contributed by atoms with E-state index in [0.717, 1.165) is 21.7 Å². The summed E-state index contributed by atoms with van der Waals surface area (Å²) in [5.74, 6) is 0.764. The highest BCUT2D eigenvalue weighted by Crippen LogP contribution is 2.26. The van der Waals surface area contributed by atoms with E-state index in [1.54, 1.807) is 33.9 Å². The number of benzene rings is 2. The highest BCUT2D eigenvalue weighted by molar-refractivity contribution is 6.32. The molecular weight excluding hydrogens is 449 g/mol. The Morgan fingerprint density at radius 2 is 1.72 bits per heavy atom. The van der Waals surface area contributed by atoms with Crippen molar-refractivity contribution in [2.75, 3.05) is 5.32 Å². The number of anilines is 1. The van der Waals surface area contributed by atoms with Gasteiger partial charge in [0.15, 0.2) is 18.2 Å². The van der Waals surface area contributed by atoms with Crippen molar-refractivity contribution in [2.24, 2.45) is 0 Å². The highest BCUT2D eigenvalue weighted by Gasteiger charge is 2.12. The Hall–Kier alpha value is -3.29. The van der Waals surface area contributed by atoms with E-state index in [9.17, 15) is 4.79 Å². The molecular formula is C23H21Cl2N5O2. The molecule has 0 aliphatic carbocycles. The first-order chi connectivity index (χ1) is 15.4. The van der Waals surface area contributed by atoms with Gasteiger partial charge in [-0.25, -0.2) is 4.68 Å². The zero-order valence-electron chi connectivity index (χ0n) is 17.5. The Morgan fingerprint density at radius 3 is 2.47 bits per heavy atom. The van der Waals surface area contributed by atoms with E-state index in [-0.39, 0.29) is 18.3 Å². The van der Waals surface area contributed by atoms with E-state index in [0.29, 0.717) is 23.1 Å². The largest absolute Gasteiger partial charge is 0.471 e. The third-order valence-corrected chi connectivity index (χ3v) is 5.78. The van der Waals surface area contributed by atoms with Gasteiger partial charge in [0.05, 0.1) is 6.54 Å². The summed E-state index contributed by atoms with van der Waals surface area (Å²) < 4.78 is 9.03. The average Bonchev–Trinajstić information content (AvgIpc) is 3.42. The Morgan fingerprint density at radius 1 is 1.00 bits per heavy atom. The molecule has 0 saturated heterocycles. The van der Waals surface area contributed by atoms with Crippen molar-refractivity contribution < 1.29 is 9.53 Å². The molecule has 0 aliphatic rings. The average molecular weight is 470 g/mol. The Kier molecular flexibility index (Phi) is 6.48. The fourth-order valence-corrected chi connectivity index (χ4v) is 3.49. The van der Waals surface area contributed by atoms with Crippen LogP contribution in [0.3, 0.4) is 0 Å². The molecule has 0 aliphatic heterocycles. The van der Waals surface area contributed by atoms with Crippen LogP contribution in [0.4, 0.5) is 5.82 Å². The van der Waals surface area contributed by atoms with Gasteiger partial charge in [-0.3, -0.25) is 9.48 Å². The molecule has 1 N–H and O–H groups in total. The zero-order chi connectivity index (χ0) is 22.7. The Bertz CT molecular complexity index is 1240. The van der Waals surface area contributed by atoms with Crippen molar-refractivity contribution in [3.63, 3.8) is 0 Å². The van der Waals surface area contributed by atoms with Gasteiger partial charge in [0.25, 0.3) is 5.91 Å². The third kappa shape index (κ3) is 5.12. The van der Waals surface area contributed by atoms with Gasteiger partial charge >= 0.3 is 0 Å². The maximum atomic E-state index is 12.5. The van der Waals surface area contributed by atoms with Crippen molar-refractivity contribution in [2.45, 2.75) is 27.1 Å². The minimum absolute atomic E-state index is 0.167. The maximum absolute atomic E-state index is 12.5. The van der Waals surface area contributed by atoms with Gasteiger partial charge in [-0.15, -0.1) is 0 Å². The second-order valence-electron chi connectivity index (χ2n) is 7.33. The highest BCUT2D eigenvalue weighted by atomic mass is 35.5. The second kappa shape index (κ2) is 9.46. The molecule has 2 aromatic heterocycles. The molecule has 4 rings (SSSR count). The standard InChI is InChI=1S/C23H21Cl2N5O2/c1-15-11-18(12-16(2)22(15)25)32-14-30-9-7-20(27-30)23(31)26-21-8-10-29(28-21)13-17-5-3-4-6-19(17)24/h3-12H,13-14H2,1-2H3,(H,26,28,31). The van der Waals surface area contributed by atoms with E-state index in [1.165, 1.54) is 0 Å². The number of rotatable bonds is 7. The van der Waals surface area contributed by atoms with Crippen LogP contribution in [-0.4, -0.2) is 25.5 Å². The molecule has 2 heterocycles. The van der Waals surface area contributed by atoms with E-state index < -0.39 is 0 Å². The van der Waals surface area contributed by atoms with Crippen molar-refractivity contribution >= 4 is 34.9 Å². The number of hydrogen-bond donors (Lipinski definition) is 1. The fraction of sp³-hybridized carbons (Fsp3) is 0.174. The second-order valence-corrected chi connectivity index (χ2v) is 8.11. The van der Waals surface area contributed by atoms with Gasteiger partial charge in [0.2, 0.25) is 0 Å². The van der Waals surface area contributed by atoms with Crippen molar-refractivity contribution in [3.05, 3.63) is 93.4 Å². The number of halogens is 2. The van der Waals surface area contributed by atoms with Crippen LogP contribution in [0.5, 0.6) is 5.75 Å². The summed E-state index contributed by atoms with van der Waals surface area (Å²) in [5, 5.41) is 12.8. The lowest BCUT2D eigenvalue weighted by atomic mass is 10.1. The number of aryl methyl sites for hydroxylation is 2. The molecule has 7 nitrogen and oxygen atoms in total. The summed E-state index contributed by atoms with van der Waals surface area (Å²) in [6.45, 7) is 4.52. The normalized spacial score (nSPS) is 10.9. The van der Waals surface area contributed by atoms with Gasteiger partial charge in [-0.05, 0) is 54.8 Å². The molecule has 9 heteroatoms. The van der Waals surface area contributed by atoms with E-state index in [1.807, 2.05) is 50.2 Å². The van der Waals surface area contributed by atoms with Crippen LogP contribution >= 0.6 is 23.2 Å². The summed E-state index contributed by atoms with van der Waals surface area (Å²) in [6.07, 6.45) is 3.46. The number of amides is 1. The van der Waals surface area contributed by atoms with E-state index >= 15 is 0 Å². The summed E-state index contributed by atoms with van der Waals surface area (Å²) >= 11 is 12.4. The fourth-order valence-electron chi connectivity index (χ4n) is 3.18. The SMILES string of the molecule is Cc1cc(OCn2ccc(C(=O)Nc3ccn(Cc4ccccc4Cl)n3)n2)cc(C)c1Cl. The summed E-state index contributed by atoms with van der Waals surface area (Å²) in [5.41, 5.74) is 3.09. The zero-order valence-corrected chi connectivity index (χ0v) is 19.1. The first kappa shape index (κ1) is 21.9. The molecule has 2 aromatic carbocycles. The van der Waals surface area contributed by atoms with E-state index in [2.05, 4.69) is 15.5 Å². The van der Waals surface area contributed by atoms with Crippen LogP contribution in [0.2, 0.25) is 10.0 Å². The minimum Gasteiger partial charge on any atom is -0.471 e. The molecule has 0 saturated carbocycles. The molecule has 0 fully saturated rings. The smallest absolute Gasteiger partial charge is 0.277 e. The molecule has 0 bridgehead atoms. The van der Waals surface area contributed by atoms with Crippen LogP contribution < -0.4 is 10.1 Å². The molecule has 4 aromatic rings. The summed E-state index contributed by atoms with van der Waals surface area (Å²) in [6, 6.07) is 14.6. The predicted molar refractivity (Wildman–Crippen MR) is 125 cm³/mol. The summed E-state index contributed by atoms with van der Waals surface area (Å²) in [7, 11) is 0. The van der Waals surface area contributed by atoms with Crippen LogP contribution in [-0.2, 0) is 13.3 Å². The van der Waals surface area contributed by atoms with Gasteiger partial charge in [0, 0.05) is 28.5 Å². The number of carbonyl (C=O) groups is 1. The van der Waals surface area contributed by atoms with Gasteiger partial charge < -0.3 is 10.1 Å². The number of aromatic nitrogens is 4. The number of carbonyl (C=O) groups excluding carboxylic acids is 1. The quantitative estimate of drug-likeness (QED) is 0.396. The monoisotopic (exact) mass is 469 g/mol. The maximum Gasteiger partial charge on any atom is 0.277 e. The third-order valence-electron chi connectivity index (χ3n) is 4.82. The Labute approximate surface area is 195 Å². The van der Waals surface area contributed by atoms with Crippen molar-refractivity contribution in [1.82, 2.24) is 19.6 Å². The first-order valence-corrected chi connectivity index (χ1v) is 10.7. The first-order valence-electron chi connectivity index (χ1n) is 9.90. The summed E-state index contributed by atoms with van der Waals surface area (Å²) in [4.78, 5) is 12.5. The number of ether oxygens (including phenoxy) is 1. The number of nitrogens with one attached hydrogen (secondary N) is 1. The van der Waals surface area contributed by atoms with Crippen LogP contribution in [0.15, 0.2) is 60.9 Å². The number of nitrogens with zero attached hydrogens (tertiary/aromatic N) is 4. The van der Waals surface area contributed by atoms with Gasteiger partial charge in [0.1, 0.15) is 5.75 Å². The predicted octanol–water partition coefficient (Wildman–Crippen LogP) is 5.34. The van der Waals surface area contributed by atoms with Crippen LogP contribution in [0.25, 0.3) is 0 Å². The molecule has 0 unspecified atom stereocenters. The van der Waals surface area contributed by atoms with E-state index in [4.69, 9.17) is 27.9 Å². The molecule has 0 spiro atoms. The molecule has 1 amide bonds. The van der Waals surface area contributed by atoms with Crippen molar-refractivity contribution in [1.29, 1.82) is 0 Å². The topological polar surface area (TPSA) is 74.0 Å². The number of hydrogen-bond acceptors (Lipinski definition) is 4. The van der Waals surface area contributed by atoms with Crippen LogP contribution in [0.1, 0.15) is 27.2 Å². The van der Waals surface area contributed by atoms with Gasteiger partial charge in [-0.2, -0.15) is 10.2 Å². The Balaban J connectivity index is 1.35. The van der Waals surface area contributed by atoms with Crippen LogP contribution in [0, 0.1) is 13.8 Å². The minimum atomic E-state index is -0.357.